The van der Waals surface area contributed by atoms with Crippen LogP contribution in [0.4, 0.5) is 4.39 Å². The van der Waals surface area contributed by atoms with E-state index in [2.05, 4.69) is 41.6 Å². The zero-order valence-electron chi connectivity index (χ0n) is 11.5. The van der Waals surface area contributed by atoms with Crippen LogP contribution in [0.3, 0.4) is 0 Å². The van der Waals surface area contributed by atoms with Gasteiger partial charge in [0.1, 0.15) is 5.82 Å². The van der Waals surface area contributed by atoms with Gasteiger partial charge in [0.25, 0.3) is 0 Å². The van der Waals surface area contributed by atoms with Gasteiger partial charge in [-0.2, -0.15) is 0 Å². The highest BCUT2D eigenvalue weighted by Crippen LogP contribution is 2.18. The Balaban J connectivity index is 2.74. The van der Waals surface area contributed by atoms with Crippen molar-refractivity contribution in [3.63, 3.8) is 0 Å². The van der Waals surface area contributed by atoms with Gasteiger partial charge in [0.15, 0.2) is 0 Å². The minimum Gasteiger partial charge on any atom is -0.296 e. The Morgan fingerprint density at radius 1 is 1.28 bits per heavy atom. The number of rotatable bonds is 7. The quantitative estimate of drug-likeness (QED) is 0.685. The number of unbranched alkanes of at least 4 members (excludes halogenated alkanes) is 1. The van der Waals surface area contributed by atoms with E-state index in [0.717, 1.165) is 29.5 Å². The molecular weight excluding hydrogens is 293 g/mol. The minimum absolute atomic E-state index is 0.168. The lowest BCUT2D eigenvalue weighted by atomic mass is 10.1. The molecule has 0 saturated carbocycles. The Bertz CT molecular complexity index is 347. The van der Waals surface area contributed by atoms with Gasteiger partial charge >= 0.3 is 0 Å². The average Bonchev–Trinajstić information content (AvgIpc) is 2.32. The van der Waals surface area contributed by atoms with E-state index in [9.17, 15) is 4.39 Å². The summed E-state index contributed by atoms with van der Waals surface area (Å²) in [5, 5.41) is 0. The van der Waals surface area contributed by atoms with Crippen LogP contribution in [0.25, 0.3) is 0 Å². The molecule has 0 N–H and O–H groups in total. The molecule has 1 rings (SSSR count). The summed E-state index contributed by atoms with van der Waals surface area (Å²) in [6.07, 6.45) is 3.51. The summed E-state index contributed by atoms with van der Waals surface area (Å²) in [6, 6.07) is 5.68. The second kappa shape index (κ2) is 7.90. The topological polar surface area (TPSA) is 3.24 Å². The molecule has 1 atom stereocenters. The van der Waals surface area contributed by atoms with Gasteiger partial charge in [-0.3, -0.25) is 4.90 Å². The lowest BCUT2D eigenvalue weighted by Gasteiger charge is -2.28. The van der Waals surface area contributed by atoms with Gasteiger partial charge in [0, 0.05) is 17.1 Å². The van der Waals surface area contributed by atoms with Crippen LogP contribution in [-0.4, -0.2) is 17.5 Å². The first-order chi connectivity index (χ1) is 8.56. The predicted octanol–water partition coefficient (Wildman–Crippen LogP) is 4.99. The van der Waals surface area contributed by atoms with Gasteiger partial charge in [0.2, 0.25) is 0 Å². The summed E-state index contributed by atoms with van der Waals surface area (Å²) in [4.78, 5) is 2.44. The molecular formula is C15H23BrFN. The molecule has 102 valence electrons. The summed E-state index contributed by atoms with van der Waals surface area (Å²) >= 11 is 3.35. The highest BCUT2D eigenvalue weighted by Gasteiger charge is 2.12. The van der Waals surface area contributed by atoms with Crippen molar-refractivity contribution in [3.05, 3.63) is 34.1 Å². The molecule has 1 aromatic carbocycles. The van der Waals surface area contributed by atoms with Gasteiger partial charge < -0.3 is 0 Å². The molecule has 0 aromatic heterocycles. The van der Waals surface area contributed by atoms with E-state index in [1.165, 1.54) is 18.9 Å². The molecule has 0 saturated heterocycles. The Morgan fingerprint density at radius 2 is 2.00 bits per heavy atom. The van der Waals surface area contributed by atoms with Crippen molar-refractivity contribution >= 4 is 15.9 Å². The maximum absolute atomic E-state index is 13.4. The van der Waals surface area contributed by atoms with Crippen LogP contribution in [-0.2, 0) is 6.54 Å². The van der Waals surface area contributed by atoms with Crippen LogP contribution in [0, 0.1) is 5.82 Å². The molecule has 1 nitrogen and oxygen atoms in total. The van der Waals surface area contributed by atoms with E-state index < -0.39 is 0 Å². The van der Waals surface area contributed by atoms with Crippen LogP contribution >= 0.6 is 15.9 Å². The molecule has 0 bridgehead atoms. The molecule has 0 amide bonds. The Labute approximate surface area is 119 Å². The van der Waals surface area contributed by atoms with Crippen molar-refractivity contribution in [3.8, 4) is 0 Å². The van der Waals surface area contributed by atoms with Gasteiger partial charge in [-0.1, -0.05) is 36.2 Å². The van der Waals surface area contributed by atoms with E-state index in [1.807, 2.05) is 6.07 Å². The second-order valence-corrected chi connectivity index (χ2v) is 5.77. The maximum Gasteiger partial charge on any atom is 0.124 e. The van der Waals surface area contributed by atoms with Crippen LogP contribution < -0.4 is 0 Å². The standard InChI is InChI=1S/C15H23BrFN/c1-4-6-7-18(12(3)5-2)11-13-8-14(16)10-15(17)9-13/h8-10,12H,4-7,11H2,1-3H3. The fourth-order valence-electron chi connectivity index (χ4n) is 2.01. The predicted molar refractivity (Wildman–Crippen MR) is 79.2 cm³/mol. The SMILES string of the molecule is CCCCN(Cc1cc(F)cc(Br)c1)C(C)CC. The smallest absolute Gasteiger partial charge is 0.124 e. The first kappa shape index (κ1) is 15.6. The van der Waals surface area contributed by atoms with E-state index in [1.54, 1.807) is 6.07 Å². The monoisotopic (exact) mass is 315 g/mol. The molecule has 1 aromatic rings. The highest BCUT2D eigenvalue weighted by molar-refractivity contribution is 9.10. The van der Waals surface area contributed by atoms with Gasteiger partial charge in [-0.25, -0.2) is 4.39 Å². The molecule has 1 unspecified atom stereocenters. The average molecular weight is 316 g/mol. The summed E-state index contributed by atoms with van der Waals surface area (Å²) < 4.78 is 14.2. The molecule has 0 radical (unpaired) electrons. The molecule has 3 heteroatoms. The third kappa shape index (κ3) is 5.07. The van der Waals surface area contributed by atoms with Crippen molar-refractivity contribution < 1.29 is 4.39 Å². The van der Waals surface area contributed by atoms with Crippen LogP contribution in [0.15, 0.2) is 22.7 Å². The molecule has 18 heavy (non-hydrogen) atoms. The Morgan fingerprint density at radius 3 is 2.56 bits per heavy atom. The number of hydrogen-bond acceptors (Lipinski definition) is 1. The first-order valence-corrected chi connectivity index (χ1v) is 7.55. The largest absolute Gasteiger partial charge is 0.296 e. The zero-order valence-corrected chi connectivity index (χ0v) is 13.1. The van der Waals surface area contributed by atoms with E-state index >= 15 is 0 Å². The summed E-state index contributed by atoms with van der Waals surface area (Å²) in [7, 11) is 0. The first-order valence-electron chi connectivity index (χ1n) is 6.75. The highest BCUT2D eigenvalue weighted by atomic mass is 79.9. The normalized spacial score (nSPS) is 13.0. The maximum atomic E-state index is 13.4. The number of nitrogens with zero attached hydrogens (tertiary/aromatic N) is 1. The lowest BCUT2D eigenvalue weighted by Crippen LogP contribution is -2.33. The van der Waals surface area contributed by atoms with Gasteiger partial charge in [-0.05, 0) is 50.1 Å². The van der Waals surface area contributed by atoms with Gasteiger partial charge in [0.05, 0.1) is 0 Å². The van der Waals surface area contributed by atoms with Crippen LogP contribution in [0.5, 0.6) is 0 Å². The van der Waals surface area contributed by atoms with Crippen molar-refractivity contribution in [2.45, 2.75) is 52.6 Å². The van der Waals surface area contributed by atoms with Crippen LogP contribution in [0.1, 0.15) is 45.6 Å². The van der Waals surface area contributed by atoms with E-state index in [4.69, 9.17) is 0 Å². The Hall–Kier alpha value is -0.410. The summed E-state index contributed by atoms with van der Waals surface area (Å²) in [5.41, 5.74) is 1.04. The Kier molecular flexibility index (Phi) is 6.87. The molecule has 0 heterocycles. The molecule has 0 fully saturated rings. The third-order valence-electron chi connectivity index (χ3n) is 3.32. The van der Waals surface area contributed by atoms with Gasteiger partial charge in [-0.15, -0.1) is 0 Å². The molecule has 0 aliphatic carbocycles. The number of hydrogen-bond donors (Lipinski definition) is 0. The minimum atomic E-state index is -0.168. The number of halogens is 2. The molecule has 0 aliphatic heterocycles. The van der Waals surface area contributed by atoms with E-state index in [-0.39, 0.29) is 5.82 Å². The third-order valence-corrected chi connectivity index (χ3v) is 3.78. The summed E-state index contributed by atoms with van der Waals surface area (Å²) in [6.45, 7) is 8.55. The van der Waals surface area contributed by atoms with Crippen molar-refractivity contribution in [2.24, 2.45) is 0 Å². The van der Waals surface area contributed by atoms with Crippen molar-refractivity contribution in [2.75, 3.05) is 6.54 Å². The second-order valence-electron chi connectivity index (χ2n) is 4.86. The van der Waals surface area contributed by atoms with Crippen molar-refractivity contribution in [1.82, 2.24) is 4.90 Å². The summed E-state index contributed by atoms with van der Waals surface area (Å²) in [5.74, 6) is -0.168. The van der Waals surface area contributed by atoms with Crippen LogP contribution in [0.2, 0.25) is 0 Å². The van der Waals surface area contributed by atoms with Crippen molar-refractivity contribution in [1.29, 1.82) is 0 Å². The molecule has 0 spiro atoms. The zero-order chi connectivity index (χ0) is 13.5. The number of benzene rings is 1. The lowest BCUT2D eigenvalue weighted by molar-refractivity contribution is 0.192. The van der Waals surface area contributed by atoms with E-state index in [0.29, 0.717) is 6.04 Å². The fourth-order valence-corrected chi connectivity index (χ4v) is 2.52. The fraction of sp³-hybridized carbons (Fsp3) is 0.600. The molecule has 0 aliphatic rings.